The molecule has 3 nitrogen and oxygen atoms in total. The van der Waals surface area contributed by atoms with Gasteiger partial charge in [-0.05, 0) is 12.1 Å². The Morgan fingerprint density at radius 1 is 1.27 bits per heavy atom. The molecule has 3 rings (SSSR count). The van der Waals surface area contributed by atoms with Crippen LogP contribution < -0.4 is 0 Å². The molecule has 0 atom stereocenters. The van der Waals surface area contributed by atoms with Gasteiger partial charge in [0.15, 0.2) is 0 Å². The number of rotatable bonds is 0. The van der Waals surface area contributed by atoms with Crippen LogP contribution in [0, 0.1) is 0 Å². The molecule has 1 aromatic carbocycles. The zero-order valence-corrected chi connectivity index (χ0v) is 8.06. The maximum atomic E-state index is 11.5. The van der Waals surface area contributed by atoms with Gasteiger partial charge in [-0.2, -0.15) is 0 Å². The molecule has 0 aliphatic carbocycles. The fourth-order valence-electron chi connectivity index (χ4n) is 1.84. The van der Waals surface area contributed by atoms with Crippen LogP contribution in [0.15, 0.2) is 30.3 Å². The van der Waals surface area contributed by atoms with Crippen LogP contribution in [0.25, 0.3) is 10.9 Å². The Morgan fingerprint density at radius 2 is 2.13 bits per heavy atom. The lowest BCUT2D eigenvalue weighted by Gasteiger charge is -2.15. The van der Waals surface area contributed by atoms with Crippen LogP contribution in [0.5, 0.6) is 0 Å². The molecule has 1 aliphatic heterocycles. The van der Waals surface area contributed by atoms with Gasteiger partial charge < -0.3 is 4.74 Å². The Labute approximate surface area is 86.7 Å². The van der Waals surface area contributed by atoms with Crippen LogP contribution >= 0.6 is 0 Å². The highest BCUT2D eigenvalue weighted by atomic mass is 16.5. The predicted molar refractivity (Wildman–Crippen MR) is 55.7 cm³/mol. The molecular weight excluding hydrogens is 190 g/mol. The molecular formula is C12H9NO2. The summed E-state index contributed by atoms with van der Waals surface area (Å²) in [5.74, 6) is -0.255. The van der Waals surface area contributed by atoms with E-state index in [0.29, 0.717) is 18.6 Å². The van der Waals surface area contributed by atoms with E-state index in [2.05, 4.69) is 4.98 Å². The quantitative estimate of drug-likeness (QED) is 0.609. The van der Waals surface area contributed by atoms with Crippen LogP contribution in [0.3, 0.4) is 0 Å². The summed E-state index contributed by atoms with van der Waals surface area (Å²) in [6.07, 6.45) is 0.714. The van der Waals surface area contributed by atoms with E-state index in [1.807, 2.05) is 30.3 Å². The maximum absolute atomic E-state index is 11.5. The summed E-state index contributed by atoms with van der Waals surface area (Å²) < 4.78 is 4.97. The molecule has 0 radical (unpaired) electrons. The van der Waals surface area contributed by atoms with E-state index in [4.69, 9.17) is 4.74 Å². The monoisotopic (exact) mass is 199 g/mol. The number of esters is 1. The van der Waals surface area contributed by atoms with E-state index in [1.165, 1.54) is 0 Å². The third-order valence-corrected chi connectivity index (χ3v) is 2.59. The first-order valence-corrected chi connectivity index (χ1v) is 4.90. The van der Waals surface area contributed by atoms with Crippen molar-refractivity contribution in [3.63, 3.8) is 0 Å². The van der Waals surface area contributed by atoms with Gasteiger partial charge in [0.2, 0.25) is 0 Å². The average molecular weight is 199 g/mol. The zero-order chi connectivity index (χ0) is 10.3. The molecule has 74 valence electrons. The minimum absolute atomic E-state index is 0.255. The molecule has 0 spiro atoms. The first kappa shape index (κ1) is 8.41. The van der Waals surface area contributed by atoms with E-state index in [0.717, 1.165) is 16.6 Å². The molecule has 0 unspecified atom stereocenters. The molecule has 0 N–H and O–H groups in total. The molecule has 0 saturated heterocycles. The highest BCUT2D eigenvalue weighted by Gasteiger charge is 2.20. The number of cyclic esters (lactones) is 1. The van der Waals surface area contributed by atoms with Gasteiger partial charge in [0, 0.05) is 11.8 Å². The van der Waals surface area contributed by atoms with Gasteiger partial charge in [0.05, 0.1) is 23.4 Å². The van der Waals surface area contributed by atoms with Crippen LogP contribution in [0.2, 0.25) is 0 Å². The van der Waals surface area contributed by atoms with Gasteiger partial charge in [-0.1, -0.05) is 18.2 Å². The number of pyridine rings is 1. The highest BCUT2D eigenvalue weighted by molar-refractivity contribution is 5.95. The number of aromatic nitrogens is 1. The van der Waals surface area contributed by atoms with Gasteiger partial charge in [-0.25, -0.2) is 4.79 Å². The summed E-state index contributed by atoms with van der Waals surface area (Å²) >= 11 is 0. The number of hydrogen-bond donors (Lipinski definition) is 0. The fraction of sp³-hybridized carbons (Fsp3) is 0.167. The summed E-state index contributed by atoms with van der Waals surface area (Å²) in [5.41, 5.74) is 2.40. The first-order valence-electron chi connectivity index (χ1n) is 4.90. The van der Waals surface area contributed by atoms with Gasteiger partial charge in [0.1, 0.15) is 0 Å². The largest absolute Gasteiger partial charge is 0.462 e. The molecule has 0 bridgehead atoms. The fourth-order valence-corrected chi connectivity index (χ4v) is 1.84. The smallest absolute Gasteiger partial charge is 0.340 e. The topological polar surface area (TPSA) is 39.2 Å². The highest BCUT2D eigenvalue weighted by Crippen LogP contribution is 2.20. The Bertz CT molecular complexity index is 548. The van der Waals surface area contributed by atoms with E-state index in [1.54, 1.807) is 0 Å². The summed E-state index contributed by atoms with van der Waals surface area (Å²) in [6.45, 7) is 0.442. The molecule has 3 heteroatoms. The minimum atomic E-state index is -0.255. The summed E-state index contributed by atoms with van der Waals surface area (Å²) in [4.78, 5) is 15.9. The summed E-state index contributed by atoms with van der Waals surface area (Å²) in [5, 5.41) is 0.982. The van der Waals surface area contributed by atoms with Gasteiger partial charge >= 0.3 is 5.97 Å². The lowest BCUT2D eigenvalue weighted by atomic mass is 10.1. The molecule has 15 heavy (non-hydrogen) atoms. The van der Waals surface area contributed by atoms with Crippen molar-refractivity contribution in [1.82, 2.24) is 4.98 Å². The summed E-state index contributed by atoms with van der Waals surface area (Å²) in [6, 6.07) is 9.65. The van der Waals surface area contributed by atoms with Crippen LogP contribution in [-0.4, -0.2) is 17.6 Å². The second-order valence-electron chi connectivity index (χ2n) is 3.56. The van der Waals surface area contributed by atoms with Crippen molar-refractivity contribution < 1.29 is 9.53 Å². The van der Waals surface area contributed by atoms with E-state index >= 15 is 0 Å². The number of ether oxygens (including phenoxy) is 1. The van der Waals surface area contributed by atoms with E-state index < -0.39 is 0 Å². The number of nitrogens with zero attached hydrogens (tertiary/aromatic N) is 1. The normalized spacial score (nSPS) is 14.8. The third-order valence-electron chi connectivity index (χ3n) is 2.59. The lowest BCUT2D eigenvalue weighted by Crippen LogP contribution is -2.18. The molecule has 2 heterocycles. The van der Waals surface area contributed by atoms with Crippen molar-refractivity contribution in [2.45, 2.75) is 6.42 Å². The van der Waals surface area contributed by atoms with E-state index in [-0.39, 0.29) is 5.97 Å². The third kappa shape index (κ3) is 1.28. The molecule has 1 aromatic heterocycles. The Balaban J connectivity index is 2.32. The minimum Gasteiger partial charge on any atom is -0.462 e. The van der Waals surface area contributed by atoms with Crippen LogP contribution in [-0.2, 0) is 11.2 Å². The van der Waals surface area contributed by atoms with Gasteiger partial charge in [-0.3, -0.25) is 4.98 Å². The maximum Gasteiger partial charge on any atom is 0.340 e. The number of carbonyl (C=O) groups excluding carboxylic acids is 1. The van der Waals surface area contributed by atoms with Crippen molar-refractivity contribution in [3.8, 4) is 0 Å². The van der Waals surface area contributed by atoms with Crippen molar-refractivity contribution >= 4 is 16.9 Å². The van der Waals surface area contributed by atoms with Gasteiger partial charge in [-0.15, -0.1) is 0 Å². The molecule has 2 aromatic rings. The molecule has 1 aliphatic rings. The average Bonchev–Trinajstić information content (AvgIpc) is 2.27. The van der Waals surface area contributed by atoms with E-state index in [9.17, 15) is 4.79 Å². The number of para-hydroxylation sites is 1. The molecule has 0 saturated carbocycles. The predicted octanol–water partition coefficient (Wildman–Crippen LogP) is 1.95. The first-order chi connectivity index (χ1) is 7.34. The number of carbonyl (C=O) groups is 1. The number of benzene rings is 1. The van der Waals surface area contributed by atoms with Crippen molar-refractivity contribution in [2.24, 2.45) is 0 Å². The van der Waals surface area contributed by atoms with Crippen molar-refractivity contribution in [2.75, 3.05) is 6.61 Å². The Morgan fingerprint density at radius 3 is 3.07 bits per heavy atom. The van der Waals surface area contributed by atoms with Crippen LogP contribution in [0.1, 0.15) is 16.1 Å². The SMILES string of the molecule is O=C1OCCc2nc3ccccc3cc21. The second kappa shape index (κ2) is 3.05. The second-order valence-corrected chi connectivity index (χ2v) is 3.56. The van der Waals surface area contributed by atoms with Crippen molar-refractivity contribution in [1.29, 1.82) is 0 Å². The summed E-state index contributed by atoms with van der Waals surface area (Å²) in [7, 11) is 0. The zero-order valence-electron chi connectivity index (χ0n) is 8.06. The number of fused-ring (bicyclic) bond motifs is 2. The molecule has 0 amide bonds. The standard InChI is InChI=1S/C12H9NO2/c14-12-9-7-8-3-1-2-4-10(8)13-11(9)5-6-15-12/h1-4,7H,5-6H2. The molecule has 0 fully saturated rings. The van der Waals surface area contributed by atoms with Gasteiger partial charge in [0.25, 0.3) is 0 Å². The van der Waals surface area contributed by atoms with Crippen LogP contribution in [0.4, 0.5) is 0 Å². The Kier molecular flexibility index (Phi) is 1.71. The van der Waals surface area contributed by atoms with Crippen molar-refractivity contribution in [3.05, 3.63) is 41.6 Å². The lowest BCUT2D eigenvalue weighted by molar-refractivity contribution is 0.0478. The Hall–Kier alpha value is -1.90. The number of hydrogen-bond acceptors (Lipinski definition) is 3.